The molecule has 3 N–H and O–H groups in total. The second-order valence-corrected chi connectivity index (χ2v) is 3.38. The van der Waals surface area contributed by atoms with E-state index in [1.165, 1.54) is 0 Å². The molecule has 0 saturated carbocycles. The highest BCUT2D eigenvalue weighted by molar-refractivity contribution is 6.30. The first kappa shape index (κ1) is 11.0. The van der Waals surface area contributed by atoms with Crippen LogP contribution in [0.4, 0.5) is 5.69 Å². The summed E-state index contributed by atoms with van der Waals surface area (Å²) in [5, 5.41) is 3.41. The summed E-state index contributed by atoms with van der Waals surface area (Å²) in [6.07, 6.45) is 1.17. The van der Waals surface area contributed by atoms with Gasteiger partial charge in [-0.15, -0.1) is 0 Å². The zero-order valence-corrected chi connectivity index (χ0v) is 8.55. The Balaban J connectivity index is 2.44. The average Bonchev–Trinajstić information content (AvgIpc) is 2.18. The van der Waals surface area contributed by atoms with E-state index in [0.29, 0.717) is 24.4 Å². The van der Waals surface area contributed by atoms with Gasteiger partial charge in [-0.2, -0.15) is 0 Å². The first-order valence-corrected chi connectivity index (χ1v) is 4.85. The molecule has 1 rings (SSSR count). The van der Waals surface area contributed by atoms with Crippen LogP contribution in [0.3, 0.4) is 0 Å². The molecule has 76 valence electrons. The molecular formula is C10H13ClN2O. The Labute approximate surface area is 88.2 Å². The van der Waals surface area contributed by atoms with Gasteiger partial charge in [0, 0.05) is 17.1 Å². The minimum absolute atomic E-state index is 0.0160. The number of hydrogen-bond donors (Lipinski definition) is 2. The maximum Gasteiger partial charge on any atom is 0.224 e. The summed E-state index contributed by atoms with van der Waals surface area (Å²) in [5.74, 6) is -0.0160. The van der Waals surface area contributed by atoms with Crippen molar-refractivity contribution in [2.75, 3.05) is 11.9 Å². The number of halogens is 1. The van der Waals surface area contributed by atoms with Crippen molar-refractivity contribution in [3.8, 4) is 0 Å². The Morgan fingerprint density at radius 2 is 2.00 bits per heavy atom. The van der Waals surface area contributed by atoms with Crippen molar-refractivity contribution in [1.82, 2.24) is 0 Å². The highest BCUT2D eigenvalue weighted by atomic mass is 35.5. The zero-order valence-electron chi connectivity index (χ0n) is 7.79. The molecule has 0 aromatic heterocycles. The minimum atomic E-state index is -0.0160. The summed E-state index contributed by atoms with van der Waals surface area (Å²) in [6, 6.07) is 7.01. The lowest BCUT2D eigenvalue weighted by molar-refractivity contribution is -0.116. The molecule has 1 amide bonds. The summed E-state index contributed by atoms with van der Waals surface area (Å²) in [6.45, 7) is 0.536. The van der Waals surface area contributed by atoms with Crippen LogP contribution in [0, 0.1) is 0 Å². The Morgan fingerprint density at radius 1 is 1.36 bits per heavy atom. The Hall–Kier alpha value is -1.06. The van der Waals surface area contributed by atoms with Crippen LogP contribution in [0.1, 0.15) is 12.8 Å². The highest BCUT2D eigenvalue weighted by Gasteiger charge is 2.00. The van der Waals surface area contributed by atoms with Gasteiger partial charge in [-0.25, -0.2) is 0 Å². The molecule has 0 radical (unpaired) electrons. The molecule has 0 atom stereocenters. The van der Waals surface area contributed by atoms with Crippen molar-refractivity contribution in [3.05, 3.63) is 29.3 Å². The van der Waals surface area contributed by atoms with E-state index in [2.05, 4.69) is 5.32 Å². The van der Waals surface area contributed by atoms with Crippen LogP contribution in [0.25, 0.3) is 0 Å². The fourth-order valence-corrected chi connectivity index (χ4v) is 1.15. The Kier molecular flexibility index (Phi) is 4.43. The van der Waals surface area contributed by atoms with Gasteiger partial charge < -0.3 is 11.1 Å². The number of carbonyl (C=O) groups is 1. The normalized spacial score (nSPS) is 9.86. The summed E-state index contributed by atoms with van der Waals surface area (Å²) in [5.41, 5.74) is 6.05. The fraction of sp³-hybridized carbons (Fsp3) is 0.300. The van der Waals surface area contributed by atoms with E-state index < -0.39 is 0 Å². The lowest BCUT2D eigenvalue weighted by Crippen LogP contribution is -2.13. The monoisotopic (exact) mass is 212 g/mol. The highest BCUT2D eigenvalue weighted by Crippen LogP contribution is 2.13. The average molecular weight is 213 g/mol. The minimum Gasteiger partial charge on any atom is -0.330 e. The van der Waals surface area contributed by atoms with Gasteiger partial charge in [0.2, 0.25) is 5.91 Å². The number of hydrogen-bond acceptors (Lipinski definition) is 2. The van der Waals surface area contributed by atoms with E-state index in [4.69, 9.17) is 17.3 Å². The fourth-order valence-electron chi connectivity index (χ4n) is 1.02. The molecular weight excluding hydrogens is 200 g/mol. The van der Waals surface area contributed by atoms with E-state index >= 15 is 0 Å². The van der Waals surface area contributed by atoms with Gasteiger partial charge in [0.05, 0.1) is 0 Å². The summed E-state index contributed by atoms with van der Waals surface area (Å²) >= 11 is 5.70. The van der Waals surface area contributed by atoms with Crippen molar-refractivity contribution in [2.24, 2.45) is 5.73 Å². The predicted octanol–water partition coefficient (Wildman–Crippen LogP) is 2.02. The second-order valence-electron chi connectivity index (χ2n) is 2.95. The van der Waals surface area contributed by atoms with Crippen LogP contribution in [0.15, 0.2) is 24.3 Å². The van der Waals surface area contributed by atoms with Gasteiger partial charge >= 0.3 is 0 Å². The first-order chi connectivity index (χ1) is 6.72. The van der Waals surface area contributed by atoms with E-state index in [-0.39, 0.29) is 5.91 Å². The van der Waals surface area contributed by atoms with Crippen LogP contribution in [-0.2, 0) is 4.79 Å². The van der Waals surface area contributed by atoms with E-state index in [9.17, 15) is 4.79 Å². The molecule has 4 heteroatoms. The number of rotatable bonds is 4. The Morgan fingerprint density at radius 3 is 2.57 bits per heavy atom. The predicted molar refractivity (Wildman–Crippen MR) is 58.4 cm³/mol. The second kappa shape index (κ2) is 5.62. The number of benzene rings is 1. The zero-order chi connectivity index (χ0) is 10.4. The maximum atomic E-state index is 11.3. The molecule has 0 saturated heterocycles. The van der Waals surface area contributed by atoms with Gasteiger partial charge in [0.15, 0.2) is 0 Å². The number of carbonyl (C=O) groups excluding carboxylic acids is 1. The van der Waals surface area contributed by atoms with Gasteiger partial charge in [0.25, 0.3) is 0 Å². The number of anilines is 1. The molecule has 0 aliphatic heterocycles. The Bertz CT molecular complexity index is 297. The molecule has 3 nitrogen and oxygen atoms in total. The standard InChI is InChI=1S/C10H13ClN2O/c11-8-3-5-9(6-4-8)13-10(14)2-1-7-12/h3-6H,1-2,7,12H2,(H,13,14). The lowest BCUT2D eigenvalue weighted by Gasteiger charge is -2.03. The molecule has 0 fully saturated rings. The van der Waals surface area contributed by atoms with Gasteiger partial charge in [-0.3, -0.25) is 4.79 Å². The molecule has 0 aliphatic rings. The van der Waals surface area contributed by atoms with Gasteiger partial charge in [0.1, 0.15) is 0 Å². The molecule has 0 bridgehead atoms. The van der Waals surface area contributed by atoms with Crippen molar-refractivity contribution in [3.63, 3.8) is 0 Å². The molecule has 0 aliphatic carbocycles. The maximum absolute atomic E-state index is 11.3. The molecule has 14 heavy (non-hydrogen) atoms. The van der Waals surface area contributed by atoms with Crippen LogP contribution in [0.5, 0.6) is 0 Å². The number of nitrogens with one attached hydrogen (secondary N) is 1. The van der Waals surface area contributed by atoms with Crippen molar-refractivity contribution in [1.29, 1.82) is 0 Å². The molecule has 0 spiro atoms. The molecule has 1 aromatic carbocycles. The van der Waals surface area contributed by atoms with Crippen molar-refractivity contribution < 1.29 is 4.79 Å². The largest absolute Gasteiger partial charge is 0.330 e. The van der Waals surface area contributed by atoms with Crippen LogP contribution in [0.2, 0.25) is 5.02 Å². The topological polar surface area (TPSA) is 55.1 Å². The number of nitrogens with two attached hydrogens (primary N) is 1. The third-order valence-electron chi connectivity index (χ3n) is 1.74. The lowest BCUT2D eigenvalue weighted by atomic mass is 10.2. The van der Waals surface area contributed by atoms with Crippen LogP contribution >= 0.6 is 11.6 Å². The van der Waals surface area contributed by atoms with Crippen molar-refractivity contribution in [2.45, 2.75) is 12.8 Å². The van der Waals surface area contributed by atoms with Crippen LogP contribution in [-0.4, -0.2) is 12.5 Å². The van der Waals surface area contributed by atoms with Crippen molar-refractivity contribution >= 4 is 23.2 Å². The SMILES string of the molecule is NCCCC(=O)Nc1ccc(Cl)cc1. The molecule has 1 aromatic rings. The van der Waals surface area contributed by atoms with Gasteiger partial charge in [-0.1, -0.05) is 11.6 Å². The quantitative estimate of drug-likeness (QED) is 0.803. The van der Waals surface area contributed by atoms with E-state index in [1.807, 2.05) is 0 Å². The molecule has 0 heterocycles. The summed E-state index contributed by atoms with van der Waals surface area (Å²) < 4.78 is 0. The third-order valence-corrected chi connectivity index (χ3v) is 1.99. The van der Waals surface area contributed by atoms with Crippen LogP contribution < -0.4 is 11.1 Å². The molecule has 0 unspecified atom stereocenters. The van der Waals surface area contributed by atoms with E-state index in [1.54, 1.807) is 24.3 Å². The van der Waals surface area contributed by atoms with E-state index in [0.717, 1.165) is 5.69 Å². The summed E-state index contributed by atoms with van der Waals surface area (Å²) in [4.78, 5) is 11.3. The smallest absolute Gasteiger partial charge is 0.224 e. The summed E-state index contributed by atoms with van der Waals surface area (Å²) in [7, 11) is 0. The van der Waals surface area contributed by atoms with Gasteiger partial charge in [-0.05, 0) is 37.2 Å². The number of amides is 1. The first-order valence-electron chi connectivity index (χ1n) is 4.48. The third kappa shape index (κ3) is 3.77.